The first kappa shape index (κ1) is 22.5. The number of ether oxygens (including phenoxy) is 1. The lowest BCUT2D eigenvalue weighted by Gasteiger charge is -2.31. The monoisotopic (exact) mass is 439 g/mol. The van der Waals surface area contributed by atoms with E-state index in [1.165, 1.54) is 5.56 Å². The van der Waals surface area contributed by atoms with Crippen LogP contribution in [-0.2, 0) is 10.2 Å². The largest absolute Gasteiger partial charge is 0.445 e. The highest BCUT2D eigenvalue weighted by Crippen LogP contribution is 2.30. The average Bonchev–Trinajstić information content (AvgIpc) is 3.20. The third-order valence-electron chi connectivity index (χ3n) is 6.44. The minimum atomic E-state index is -0.0906. The fourth-order valence-corrected chi connectivity index (χ4v) is 4.33. The summed E-state index contributed by atoms with van der Waals surface area (Å²) in [5.74, 6) is 1.27. The Morgan fingerprint density at radius 2 is 1.53 bits per heavy atom. The number of carbonyl (C=O) groups is 2. The molecule has 3 heterocycles. The van der Waals surface area contributed by atoms with Crippen molar-refractivity contribution in [1.29, 1.82) is 0 Å². The van der Waals surface area contributed by atoms with E-state index in [-0.39, 0.29) is 23.1 Å². The highest BCUT2D eigenvalue weighted by Gasteiger charge is 2.30. The minimum Gasteiger partial charge on any atom is -0.445 e. The zero-order valence-electron chi connectivity index (χ0n) is 19.5. The van der Waals surface area contributed by atoms with Gasteiger partial charge in [-0.2, -0.15) is 0 Å². The molecule has 1 aromatic carbocycles. The number of likely N-dealkylation sites (tertiary alicyclic amines) is 1. The quantitative estimate of drug-likeness (QED) is 0.728. The van der Waals surface area contributed by atoms with E-state index in [1.54, 1.807) is 11.8 Å². The second-order valence-electron chi connectivity index (χ2n) is 9.76. The molecule has 0 atom stereocenters. The Kier molecular flexibility index (Phi) is 6.38. The Balaban J connectivity index is 1.37. The summed E-state index contributed by atoms with van der Waals surface area (Å²) in [5, 5.41) is 0. The Bertz CT molecular complexity index is 960. The molecular weight excluding hydrogens is 406 g/mol. The van der Waals surface area contributed by atoms with Crippen molar-refractivity contribution in [1.82, 2.24) is 14.8 Å². The molecule has 2 amide bonds. The molecule has 4 rings (SSSR count). The highest BCUT2D eigenvalue weighted by atomic mass is 16.5. The van der Waals surface area contributed by atoms with Crippen LogP contribution in [0.1, 0.15) is 77.6 Å². The van der Waals surface area contributed by atoms with Gasteiger partial charge >= 0.3 is 0 Å². The SMILES string of the molecule is Cc1oc(C2CCN(C(=O)c3ccc(C(C)(C)C)cc3)CC2)nc1C(=O)N1CCOCC1. The van der Waals surface area contributed by atoms with Crippen molar-refractivity contribution in [3.63, 3.8) is 0 Å². The predicted octanol–water partition coefficient (Wildman–Crippen LogP) is 3.77. The van der Waals surface area contributed by atoms with Crippen molar-refractivity contribution in [3.8, 4) is 0 Å². The Morgan fingerprint density at radius 3 is 2.12 bits per heavy atom. The van der Waals surface area contributed by atoms with Crippen LogP contribution in [0.15, 0.2) is 28.7 Å². The summed E-state index contributed by atoms with van der Waals surface area (Å²) >= 11 is 0. The number of piperidine rings is 1. The number of nitrogens with zero attached hydrogens (tertiary/aromatic N) is 3. The number of aromatic nitrogens is 1. The molecule has 7 heteroatoms. The van der Waals surface area contributed by atoms with E-state index in [9.17, 15) is 9.59 Å². The summed E-state index contributed by atoms with van der Waals surface area (Å²) in [6.07, 6.45) is 1.55. The van der Waals surface area contributed by atoms with Crippen LogP contribution < -0.4 is 0 Å². The van der Waals surface area contributed by atoms with E-state index >= 15 is 0 Å². The molecule has 172 valence electrons. The number of hydrogen-bond acceptors (Lipinski definition) is 5. The summed E-state index contributed by atoms with van der Waals surface area (Å²) in [5.41, 5.74) is 2.41. The van der Waals surface area contributed by atoms with Crippen LogP contribution in [0.4, 0.5) is 0 Å². The molecule has 32 heavy (non-hydrogen) atoms. The maximum Gasteiger partial charge on any atom is 0.276 e. The van der Waals surface area contributed by atoms with Gasteiger partial charge in [-0.3, -0.25) is 9.59 Å². The summed E-state index contributed by atoms with van der Waals surface area (Å²) in [6.45, 7) is 11.9. The van der Waals surface area contributed by atoms with Crippen molar-refractivity contribution in [2.75, 3.05) is 39.4 Å². The number of rotatable bonds is 3. The maximum atomic E-state index is 13.0. The normalized spacial score (nSPS) is 18.1. The smallest absolute Gasteiger partial charge is 0.276 e. The van der Waals surface area contributed by atoms with Gasteiger partial charge in [0.05, 0.1) is 13.2 Å². The van der Waals surface area contributed by atoms with Gasteiger partial charge in [-0.15, -0.1) is 0 Å². The minimum absolute atomic E-state index is 0.0654. The first-order chi connectivity index (χ1) is 15.2. The summed E-state index contributed by atoms with van der Waals surface area (Å²) in [4.78, 5) is 34.0. The third kappa shape index (κ3) is 4.72. The van der Waals surface area contributed by atoms with Crippen LogP contribution in [0.25, 0.3) is 0 Å². The molecule has 0 aliphatic carbocycles. The first-order valence-electron chi connectivity index (χ1n) is 11.5. The number of amides is 2. The fraction of sp³-hybridized carbons (Fsp3) is 0.560. The molecule has 2 saturated heterocycles. The van der Waals surface area contributed by atoms with Gasteiger partial charge in [-0.05, 0) is 42.9 Å². The van der Waals surface area contributed by atoms with E-state index in [1.807, 2.05) is 29.2 Å². The van der Waals surface area contributed by atoms with E-state index in [0.717, 1.165) is 18.4 Å². The number of carbonyl (C=O) groups excluding carboxylic acids is 2. The van der Waals surface area contributed by atoms with Gasteiger partial charge in [0, 0.05) is 37.7 Å². The van der Waals surface area contributed by atoms with Crippen LogP contribution in [-0.4, -0.2) is 66.0 Å². The number of hydrogen-bond donors (Lipinski definition) is 0. The van der Waals surface area contributed by atoms with Crippen LogP contribution in [0.2, 0.25) is 0 Å². The van der Waals surface area contributed by atoms with Crippen molar-refractivity contribution in [3.05, 3.63) is 52.7 Å². The van der Waals surface area contributed by atoms with Crippen LogP contribution in [0.3, 0.4) is 0 Å². The van der Waals surface area contributed by atoms with Gasteiger partial charge in [0.25, 0.3) is 11.8 Å². The van der Waals surface area contributed by atoms with Gasteiger partial charge in [0.1, 0.15) is 5.76 Å². The van der Waals surface area contributed by atoms with Crippen molar-refractivity contribution in [2.45, 2.75) is 51.9 Å². The van der Waals surface area contributed by atoms with E-state index < -0.39 is 0 Å². The molecule has 0 bridgehead atoms. The Labute approximate surface area is 189 Å². The fourth-order valence-electron chi connectivity index (χ4n) is 4.33. The molecule has 0 spiro atoms. The molecule has 2 aromatic rings. The number of morpholine rings is 1. The summed E-state index contributed by atoms with van der Waals surface area (Å²) in [6, 6.07) is 7.94. The summed E-state index contributed by atoms with van der Waals surface area (Å²) in [7, 11) is 0. The molecule has 0 radical (unpaired) electrons. The molecule has 2 fully saturated rings. The lowest BCUT2D eigenvalue weighted by Crippen LogP contribution is -2.41. The zero-order chi connectivity index (χ0) is 22.9. The predicted molar refractivity (Wildman–Crippen MR) is 121 cm³/mol. The van der Waals surface area contributed by atoms with Crippen LogP contribution in [0, 0.1) is 6.92 Å². The van der Waals surface area contributed by atoms with Gasteiger partial charge < -0.3 is 19.0 Å². The molecule has 1 aromatic heterocycles. The van der Waals surface area contributed by atoms with Crippen LogP contribution in [0.5, 0.6) is 0 Å². The van der Waals surface area contributed by atoms with Gasteiger partial charge in [0.15, 0.2) is 11.6 Å². The molecular formula is C25H33N3O4. The lowest BCUT2D eigenvalue weighted by molar-refractivity contribution is 0.0298. The van der Waals surface area contributed by atoms with E-state index in [0.29, 0.717) is 56.7 Å². The van der Waals surface area contributed by atoms with Crippen molar-refractivity contribution < 1.29 is 18.7 Å². The molecule has 0 N–H and O–H groups in total. The van der Waals surface area contributed by atoms with Gasteiger partial charge in [-0.25, -0.2) is 4.98 Å². The van der Waals surface area contributed by atoms with E-state index in [4.69, 9.17) is 9.15 Å². The van der Waals surface area contributed by atoms with Crippen molar-refractivity contribution >= 4 is 11.8 Å². The molecule has 0 unspecified atom stereocenters. The summed E-state index contributed by atoms with van der Waals surface area (Å²) < 4.78 is 11.2. The first-order valence-corrected chi connectivity index (χ1v) is 11.5. The second kappa shape index (κ2) is 9.06. The Hall–Kier alpha value is -2.67. The number of oxazole rings is 1. The second-order valence-corrected chi connectivity index (χ2v) is 9.76. The molecule has 2 aliphatic heterocycles. The van der Waals surface area contributed by atoms with Crippen molar-refractivity contribution in [2.24, 2.45) is 0 Å². The standard InChI is InChI=1S/C25H33N3O4/c1-17-21(24(30)28-13-15-31-16-14-28)26-22(32-17)18-9-11-27(12-10-18)23(29)19-5-7-20(8-6-19)25(2,3)4/h5-8,18H,9-16H2,1-4H3. The third-order valence-corrected chi connectivity index (χ3v) is 6.44. The molecule has 7 nitrogen and oxygen atoms in total. The number of aryl methyl sites for hydroxylation is 1. The molecule has 2 aliphatic rings. The average molecular weight is 440 g/mol. The highest BCUT2D eigenvalue weighted by molar-refractivity contribution is 5.94. The van der Waals surface area contributed by atoms with Crippen LogP contribution >= 0.6 is 0 Å². The lowest BCUT2D eigenvalue weighted by atomic mass is 9.86. The van der Waals surface area contributed by atoms with Gasteiger partial charge in [0.2, 0.25) is 0 Å². The van der Waals surface area contributed by atoms with Gasteiger partial charge in [-0.1, -0.05) is 32.9 Å². The maximum absolute atomic E-state index is 13.0. The number of benzene rings is 1. The topological polar surface area (TPSA) is 75.9 Å². The molecule has 0 saturated carbocycles. The zero-order valence-corrected chi connectivity index (χ0v) is 19.5. The van der Waals surface area contributed by atoms with E-state index in [2.05, 4.69) is 25.8 Å². The Morgan fingerprint density at radius 1 is 0.938 bits per heavy atom.